The highest BCUT2D eigenvalue weighted by Gasteiger charge is 2.41. The Kier molecular flexibility index (Phi) is 3.08. The topological polar surface area (TPSA) is 17.1 Å². The predicted molar refractivity (Wildman–Crippen MR) is 65.1 cm³/mol. The van der Waals surface area contributed by atoms with Gasteiger partial charge in [-0.2, -0.15) is 13.2 Å². The van der Waals surface area contributed by atoms with Crippen LogP contribution in [0.25, 0.3) is 0 Å². The van der Waals surface area contributed by atoms with Gasteiger partial charge < -0.3 is 0 Å². The van der Waals surface area contributed by atoms with Gasteiger partial charge in [-0.05, 0) is 42.7 Å². The van der Waals surface area contributed by atoms with Crippen molar-refractivity contribution in [2.45, 2.75) is 46.2 Å². The van der Waals surface area contributed by atoms with Crippen LogP contribution in [-0.2, 0) is 19.0 Å². The number of thiophene rings is 1. The molecular formula is C13H15F3OS. The Hall–Kier alpha value is -0.840. The van der Waals surface area contributed by atoms with Gasteiger partial charge in [-0.15, -0.1) is 11.3 Å². The highest BCUT2D eigenvalue weighted by molar-refractivity contribution is 7.14. The fraction of sp³-hybridized carbons (Fsp3) is 0.615. The number of carbonyl (C=O) groups is 1. The van der Waals surface area contributed by atoms with Crippen molar-refractivity contribution in [1.29, 1.82) is 0 Å². The van der Waals surface area contributed by atoms with Gasteiger partial charge in [0.15, 0.2) is 5.78 Å². The Morgan fingerprint density at radius 3 is 2.39 bits per heavy atom. The monoisotopic (exact) mass is 276 g/mol. The van der Waals surface area contributed by atoms with E-state index in [1.165, 1.54) is 6.92 Å². The molecule has 0 amide bonds. The van der Waals surface area contributed by atoms with Crippen molar-refractivity contribution in [1.82, 2.24) is 0 Å². The highest BCUT2D eigenvalue weighted by Crippen LogP contribution is 2.47. The first-order valence-electron chi connectivity index (χ1n) is 5.84. The normalized spacial score (nSPS) is 18.6. The van der Waals surface area contributed by atoms with Crippen LogP contribution in [0.4, 0.5) is 13.2 Å². The van der Waals surface area contributed by atoms with Crippen molar-refractivity contribution < 1.29 is 18.0 Å². The molecule has 0 aromatic carbocycles. The molecular weight excluding hydrogens is 261 g/mol. The maximum absolute atomic E-state index is 13.0. The Morgan fingerprint density at radius 1 is 1.28 bits per heavy atom. The lowest BCUT2D eigenvalue weighted by Crippen LogP contribution is -2.23. The molecule has 1 heterocycles. The number of Topliss-reactive ketones (excluding diaryl/α,β-unsaturated/α-hetero) is 1. The second-order valence-electron chi connectivity index (χ2n) is 5.61. The molecule has 1 aromatic rings. The Morgan fingerprint density at radius 2 is 1.89 bits per heavy atom. The molecule has 0 saturated heterocycles. The Bertz CT molecular complexity index is 497. The third-order valence-electron chi connectivity index (χ3n) is 3.40. The number of hydrogen-bond acceptors (Lipinski definition) is 2. The second kappa shape index (κ2) is 4.08. The molecule has 0 radical (unpaired) electrons. The third kappa shape index (κ3) is 2.32. The number of hydrogen-bond donors (Lipinski definition) is 0. The molecule has 0 atom stereocenters. The fourth-order valence-corrected chi connectivity index (χ4v) is 3.62. The molecule has 1 aliphatic carbocycles. The minimum Gasteiger partial charge on any atom is -0.294 e. The Balaban J connectivity index is 2.60. The molecule has 0 unspecified atom stereocenters. The van der Waals surface area contributed by atoms with Crippen molar-refractivity contribution in [3.63, 3.8) is 0 Å². The van der Waals surface area contributed by atoms with Crippen LogP contribution in [0.2, 0.25) is 0 Å². The maximum atomic E-state index is 13.0. The lowest BCUT2D eigenvalue weighted by molar-refractivity contribution is -0.135. The number of rotatable bonds is 1. The quantitative estimate of drug-likeness (QED) is 0.691. The Labute approximate surface area is 108 Å². The van der Waals surface area contributed by atoms with Gasteiger partial charge in [0.05, 0.1) is 4.88 Å². The molecule has 18 heavy (non-hydrogen) atoms. The first-order chi connectivity index (χ1) is 8.12. The van der Waals surface area contributed by atoms with Gasteiger partial charge in [-0.1, -0.05) is 13.8 Å². The molecule has 1 aromatic heterocycles. The summed E-state index contributed by atoms with van der Waals surface area (Å²) in [6.45, 7) is 5.29. The molecule has 0 spiro atoms. The van der Waals surface area contributed by atoms with Gasteiger partial charge in [-0.3, -0.25) is 4.79 Å². The van der Waals surface area contributed by atoms with Gasteiger partial charge in [0, 0.05) is 0 Å². The first-order valence-corrected chi connectivity index (χ1v) is 6.66. The standard InChI is InChI=1S/C13H15F3OS/c1-7(17)10-8-4-5-12(2,3)6-9(8)11(18-10)13(14,15)16/h4-6H2,1-3H3. The summed E-state index contributed by atoms with van der Waals surface area (Å²) in [5.41, 5.74) is 0.871. The summed E-state index contributed by atoms with van der Waals surface area (Å²) in [6, 6.07) is 0. The van der Waals surface area contributed by atoms with E-state index in [0.717, 1.165) is 6.42 Å². The lowest BCUT2D eigenvalue weighted by atomic mass is 9.74. The number of ketones is 1. The van der Waals surface area contributed by atoms with E-state index in [-0.39, 0.29) is 11.2 Å². The molecule has 0 N–H and O–H groups in total. The summed E-state index contributed by atoms with van der Waals surface area (Å²) >= 11 is 0.617. The van der Waals surface area contributed by atoms with Crippen LogP contribution in [0.3, 0.4) is 0 Å². The zero-order chi connectivity index (χ0) is 13.7. The summed E-state index contributed by atoms with van der Waals surface area (Å²) in [5.74, 6) is -0.258. The van der Waals surface area contributed by atoms with Crippen LogP contribution in [0.15, 0.2) is 0 Å². The largest absolute Gasteiger partial charge is 0.425 e. The van der Waals surface area contributed by atoms with Crippen LogP contribution in [0, 0.1) is 5.41 Å². The molecule has 0 aliphatic heterocycles. The number of carbonyl (C=O) groups excluding carboxylic acids is 1. The van der Waals surface area contributed by atoms with Crippen molar-refractivity contribution in [2.24, 2.45) is 5.41 Å². The smallest absolute Gasteiger partial charge is 0.294 e. The van der Waals surface area contributed by atoms with E-state index >= 15 is 0 Å². The van der Waals surface area contributed by atoms with Gasteiger partial charge in [0.25, 0.3) is 0 Å². The molecule has 0 saturated carbocycles. The molecule has 100 valence electrons. The average molecular weight is 276 g/mol. The second-order valence-corrected chi connectivity index (χ2v) is 6.63. The van der Waals surface area contributed by atoms with E-state index in [0.29, 0.717) is 40.2 Å². The summed E-state index contributed by atoms with van der Waals surface area (Å²) in [4.78, 5) is 11.2. The van der Waals surface area contributed by atoms with Crippen molar-refractivity contribution in [2.75, 3.05) is 0 Å². The summed E-state index contributed by atoms with van der Waals surface area (Å²) < 4.78 is 39.0. The molecule has 0 fully saturated rings. The fourth-order valence-electron chi connectivity index (χ4n) is 2.49. The van der Waals surface area contributed by atoms with Gasteiger partial charge in [-0.25, -0.2) is 0 Å². The van der Waals surface area contributed by atoms with Crippen LogP contribution in [-0.4, -0.2) is 5.78 Å². The minimum atomic E-state index is -4.35. The van der Waals surface area contributed by atoms with Crippen LogP contribution in [0.1, 0.15) is 52.9 Å². The molecule has 5 heteroatoms. The summed E-state index contributed by atoms with van der Waals surface area (Å²) in [7, 11) is 0. The average Bonchev–Trinajstić information content (AvgIpc) is 2.53. The molecule has 1 aliphatic rings. The van der Waals surface area contributed by atoms with E-state index in [1.807, 2.05) is 13.8 Å². The lowest BCUT2D eigenvalue weighted by Gasteiger charge is -2.30. The van der Waals surface area contributed by atoms with E-state index in [1.54, 1.807) is 0 Å². The molecule has 2 rings (SSSR count). The molecule has 1 nitrogen and oxygen atoms in total. The minimum absolute atomic E-state index is 0.123. The summed E-state index contributed by atoms with van der Waals surface area (Å²) in [6.07, 6.45) is -2.55. The van der Waals surface area contributed by atoms with Crippen molar-refractivity contribution in [3.05, 3.63) is 20.9 Å². The highest BCUT2D eigenvalue weighted by atomic mass is 32.1. The number of halogens is 3. The van der Waals surface area contributed by atoms with E-state index in [9.17, 15) is 18.0 Å². The molecule has 0 bridgehead atoms. The third-order valence-corrected chi connectivity index (χ3v) is 4.82. The van der Waals surface area contributed by atoms with Gasteiger partial charge in [0.2, 0.25) is 0 Å². The number of alkyl halides is 3. The van der Waals surface area contributed by atoms with Crippen molar-refractivity contribution in [3.8, 4) is 0 Å². The van der Waals surface area contributed by atoms with Crippen molar-refractivity contribution >= 4 is 17.1 Å². The van der Waals surface area contributed by atoms with E-state index in [4.69, 9.17) is 0 Å². The maximum Gasteiger partial charge on any atom is 0.425 e. The van der Waals surface area contributed by atoms with E-state index in [2.05, 4.69) is 0 Å². The zero-order valence-electron chi connectivity index (χ0n) is 10.6. The van der Waals surface area contributed by atoms with Crippen LogP contribution < -0.4 is 0 Å². The predicted octanol–water partition coefficient (Wildman–Crippen LogP) is 4.48. The zero-order valence-corrected chi connectivity index (χ0v) is 11.4. The van der Waals surface area contributed by atoms with Crippen LogP contribution >= 0.6 is 11.3 Å². The number of fused-ring (bicyclic) bond motifs is 1. The van der Waals surface area contributed by atoms with E-state index < -0.39 is 11.1 Å². The van der Waals surface area contributed by atoms with Crippen LogP contribution in [0.5, 0.6) is 0 Å². The first kappa shape index (κ1) is 13.6. The SMILES string of the molecule is CC(=O)c1sc(C(F)(F)F)c2c1CCC(C)(C)C2. The van der Waals surface area contributed by atoms with Gasteiger partial charge in [0.1, 0.15) is 4.88 Å². The van der Waals surface area contributed by atoms with Gasteiger partial charge >= 0.3 is 6.18 Å². The summed E-state index contributed by atoms with van der Waals surface area (Å²) in [5, 5.41) is 0.